The number of hydrogen-bond acceptors (Lipinski definition) is 3. The van der Waals surface area contributed by atoms with E-state index >= 15 is 0 Å². The number of halogens is 1. The number of hydrogen-bond donors (Lipinski definition) is 2. The van der Waals surface area contributed by atoms with Crippen molar-refractivity contribution >= 4 is 11.6 Å². The minimum absolute atomic E-state index is 0.683. The van der Waals surface area contributed by atoms with Crippen LogP contribution in [0.2, 0.25) is 5.02 Å². The van der Waals surface area contributed by atoms with Gasteiger partial charge in [0.1, 0.15) is 12.2 Å². The van der Waals surface area contributed by atoms with Gasteiger partial charge in [-0.2, -0.15) is 5.10 Å². The molecule has 0 radical (unpaired) electrons. The third kappa shape index (κ3) is 2.81. The van der Waals surface area contributed by atoms with Crippen molar-refractivity contribution in [2.75, 3.05) is 0 Å². The lowest BCUT2D eigenvalue weighted by Crippen LogP contribution is -2.14. The minimum atomic E-state index is 0.683. The molecule has 2 N–H and O–H groups in total. The highest BCUT2D eigenvalue weighted by Gasteiger charge is 2.00. The monoisotopic (exact) mass is 236 g/mol. The number of aryl methyl sites for hydroxylation is 1. The number of aromatic nitrogens is 3. The summed E-state index contributed by atoms with van der Waals surface area (Å²) >= 11 is 5.89. The topological polar surface area (TPSA) is 53.6 Å². The smallest absolute Gasteiger partial charge is 0.138 e. The molecule has 2 aromatic rings. The molecule has 0 unspecified atom stereocenters. The predicted molar refractivity (Wildman–Crippen MR) is 63.1 cm³/mol. The molecule has 2 rings (SSSR count). The fourth-order valence-corrected chi connectivity index (χ4v) is 1.72. The van der Waals surface area contributed by atoms with Crippen LogP contribution in [-0.2, 0) is 13.1 Å². The van der Waals surface area contributed by atoms with Crippen molar-refractivity contribution in [3.63, 3.8) is 0 Å². The van der Waals surface area contributed by atoms with E-state index in [1.165, 1.54) is 17.5 Å². The van der Waals surface area contributed by atoms with Gasteiger partial charge in [-0.25, -0.2) is 4.98 Å². The summed E-state index contributed by atoms with van der Waals surface area (Å²) in [4.78, 5) is 4.03. The lowest BCUT2D eigenvalue weighted by molar-refractivity contribution is 0.663. The van der Waals surface area contributed by atoms with E-state index < -0.39 is 0 Å². The molecule has 0 aliphatic heterocycles. The predicted octanol–water partition coefficient (Wildman–Crippen LogP) is 2.06. The average molecular weight is 237 g/mol. The molecule has 0 amide bonds. The van der Waals surface area contributed by atoms with E-state index in [1.54, 1.807) is 0 Å². The second-order valence-corrected chi connectivity index (χ2v) is 4.04. The molecule has 0 saturated heterocycles. The number of benzene rings is 1. The van der Waals surface area contributed by atoms with E-state index in [4.69, 9.17) is 11.6 Å². The van der Waals surface area contributed by atoms with Crippen LogP contribution in [0.3, 0.4) is 0 Å². The standard InChI is InChI=1S/C11H13ClN4/c1-8-4-10(12)3-2-9(8)5-13-6-11-14-7-15-16-11/h2-4,7,13H,5-6H2,1H3,(H,14,15,16). The van der Waals surface area contributed by atoms with Gasteiger partial charge in [0.15, 0.2) is 0 Å². The summed E-state index contributed by atoms with van der Waals surface area (Å²) in [5, 5.41) is 10.6. The van der Waals surface area contributed by atoms with E-state index in [2.05, 4.69) is 27.4 Å². The first-order valence-corrected chi connectivity index (χ1v) is 5.43. The van der Waals surface area contributed by atoms with Crippen LogP contribution in [0.25, 0.3) is 0 Å². The Morgan fingerprint density at radius 2 is 2.25 bits per heavy atom. The first-order chi connectivity index (χ1) is 7.75. The minimum Gasteiger partial charge on any atom is -0.306 e. The highest BCUT2D eigenvalue weighted by atomic mass is 35.5. The second-order valence-electron chi connectivity index (χ2n) is 3.61. The molecule has 0 fully saturated rings. The molecule has 0 atom stereocenters. The Morgan fingerprint density at radius 3 is 2.94 bits per heavy atom. The summed E-state index contributed by atoms with van der Waals surface area (Å²) in [6.45, 7) is 3.53. The number of nitrogens with one attached hydrogen (secondary N) is 2. The third-order valence-corrected chi connectivity index (χ3v) is 2.61. The first-order valence-electron chi connectivity index (χ1n) is 5.05. The Hall–Kier alpha value is -1.39. The Morgan fingerprint density at radius 1 is 1.38 bits per heavy atom. The van der Waals surface area contributed by atoms with Crippen LogP contribution in [0.5, 0.6) is 0 Å². The third-order valence-electron chi connectivity index (χ3n) is 2.38. The average Bonchev–Trinajstić information content (AvgIpc) is 2.74. The first kappa shape index (κ1) is 11.1. The maximum Gasteiger partial charge on any atom is 0.138 e. The molecule has 1 aromatic heterocycles. The van der Waals surface area contributed by atoms with Crippen molar-refractivity contribution in [3.05, 3.63) is 46.5 Å². The van der Waals surface area contributed by atoms with E-state index in [-0.39, 0.29) is 0 Å². The molecule has 0 saturated carbocycles. The van der Waals surface area contributed by atoms with Crippen molar-refractivity contribution < 1.29 is 0 Å². The van der Waals surface area contributed by atoms with E-state index in [0.717, 1.165) is 17.4 Å². The van der Waals surface area contributed by atoms with E-state index in [1.807, 2.05) is 18.2 Å². The Bertz CT molecular complexity index is 453. The quantitative estimate of drug-likeness (QED) is 0.855. The molecule has 0 bridgehead atoms. The number of nitrogens with zero attached hydrogens (tertiary/aromatic N) is 2. The van der Waals surface area contributed by atoms with Crippen LogP contribution < -0.4 is 5.32 Å². The summed E-state index contributed by atoms with van der Waals surface area (Å²) in [7, 11) is 0. The molecular formula is C11H13ClN4. The van der Waals surface area contributed by atoms with Crippen molar-refractivity contribution in [1.82, 2.24) is 20.5 Å². The van der Waals surface area contributed by atoms with Crippen LogP contribution in [-0.4, -0.2) is 15.2 Å². The summed E-state index contributed by atoms with van der Waals surface area (Å²) < 4.78 is 0. The van der Waals surface area contributed by atoms with Gasteiger partial charge >= 0.3 is 0 Å². The van der Waals surface area contributed by atoms with Gasteiger partial charge in [0, 0.05) is 11.6 Å². The maximum absolute atomic E-state index is 5.89. The van der Waals surface area contributed by atoms with Crippen LogP contribution in [0.15, 0.2) is 24.5 Å². The molecule has 84 valence electrons. The Labute approximate surface area is 99.1 Å². The fourth-order valence-electron chi connectivity index (χ4n) is 1.49. The lowest BCUT2D eigenvalue weighted by atomic mass is 10.1. The lowest BCUT2D eigenvalue weighted by Gasteiger charge is -2.06. The molecule has 0 aliphatic carbocycles. The highest BCUT2D eigenvalue weighted by Crippen LogP contribution is 2.14. The maximum atomic E-state index is 5.89. The molecule has 5 heteroatoms. The summed E-state index contributed by atoms with van der Waals surface area (Å²) in [6.07, 6.45) is 1.50. The summed E-state index contributed by atoms with van der Waals surface area (Å²) in [5.74, 6) is 0.839. The Kier molecular flexibility index (Phi) is 3.54. The number of aromatic amines is 1. The van der Waals surface area contributed by atoms with Gasteiger partial charge in [-0.15, -0.1) is 0 Å². The zero-order valence-electron chi connectivity index (χ0n) is 9.00. The van der Waals surface area contributed by atoms with Crippen molar-refractivity contribution in [2.24, 2.45) is 0 Å². The summed E-state index contributed by atoms with van der Waals surface area (Å²) in [6, 6.07) is 5.90. The molecular weight excluding hydrogens is 224 g/mol. The highest BCUT2D eigenvalue weighted by molar-refractivity contribution is 6.30. The van der Waals surface area contributed by atoms with E-state index in [0.29, 0.717) is 6.54 Å². The van der Waals surface area contributed by atoms with Gasteiger partial charge in [-0.05, 0) is 30.2 Å². The largest absolute Gasteiger partial charge is 0.306 e. The molecule has 0 aliphatic rings. The van der Waals surface area contributed by atoms with Crippen molar-refractivity contribution in [1.29, 1.82) is 0 Å². The molecule has 4 nitrogen and oxygen atoms in total. The molecule has 16 heavy (non-hydrogen) atoms. The molecule has 1 aromatic carbocycles. The van der Waals surface area contributed by atoms with Gasteiger partial charge in [-0.1, -0.05) is 17.7 Å². The normalized spacial score (nSPS) is 10.6. The molecule has 1 heterocycles. The zero-order chi connectivity index (χ0) is 11.4. The van der Waals surface area contributed by atoms with Gasteiger partial charge in [0.05, 0.1) is 6.54 Å². The second kappa shape index (κ2) is 5.09. The van der Waals surface area contributed by atoms with Gasteiger partial charge < -0.3 is 5.32 Å². The van der Waals surface area contributed by atoms with E-state index in [9.17, 15) is 0 Å². The van der Waals surface area contributed by atoms with Crippen LogP contribution in [0.1, 0.15) is 17.0 Å². The van der Waals surface area contributed by atoms with Gasteiger partial charge in [0.25, 0.3) is 0 Å². The van der Waals surface area contributed by atoms with Gasteiger partial charge in [0.2, 0.25) is 0 Å². The molecule has 0 spiro atoms. The number of H-pyrrole nitrogens is 1. The van der Waals surface area contributed by atoms with Crippen LogP contribution in [0.4, 0.5) is 0 Å². The van der Waals surface area contributed by atoms with Crippen molar-refractivity contribution in [3.8, 4) is 0 Å². The fraction of sp³-hybridized carbons (Fsp3) is 0.273. The Balaban J connectivity index is 1.90. The van der Waals surface area contributed by atoms with Crippen LogP contribution in [0, 0.1) is 6.92 Å². The zero-order valence-corrected chi connectivity index (χ0v) is 9.75. The number of rotatable bonds is 4. The SMILES string of the molecule is Cc1cc(Cl)ccc1CNCc1ncn[nH]1. The van der Waals surface area contributed by atoms with Crippen LogP contribution >= 0.6 is 11.6 Å². The summed E-state index contributed by atoms with van der Waals surface area (Å²) in [5.41, 5.74) is 2.43. The van der Waals surface area contributed by atoms with Gasteiger partial charge in [-0.3, -0.25) is 5.10 Å². The van der Waals surface area contributed by atoms with Crippen molar-refractivity contribution in [2.45, 2.75) is 20.0 Å².